The van der Waals surface area contributed by atoms with Crippen molar-refractivity contribution < 1.29 is 14.4 Å². The Hall–Kier alpha value is -3.49. The molecule has 3 amide bonds. The average molecular weight is 449 g/mol. The highest BCUT2D eigenvalue weighted by molar-refractivity contribution is 6.21. The number of hydrogen-bond donors (Lipinski definition) is 0. The van der Waals surface area contributed by atoms with Crippen molar-refractivity contribution >= 4 is 29.4 Å². The molecule has 9 heteroatoms. The Morgan fingerprint density at radius 1 is 0.818 bits per heavy atom. The summed E-state index contributed by atoms with van der Waals surface area (Å²) >= 11 is 0. The fourth-order valence-electron chi connectivity index (χ4n) is 4.80. The van der Waals surface area contributed by atoms with E-state index >= 15 is 0 Å². The summed E-state index contributed by atoms with van der Waals surface area (Å²) < 4.78 is 0. The molecule has 3 aliphatic heterocycles. The van der Waals surface area contributed by atoms with Gasteiger partial charge in [0.25, 0.3) is 11.8 Å². The summed E-state index contributed by atoms with van der Waals surface area (Å²) in [7, 11) is 0. The number of hydrogen-bond acceptors (Lipinski definition) is 7. The summed E-state index contributed by atoms with van der Waals surface area (Å²) in [6.45, 7) is 5.06. The zero-order chi connectivity index (χ0) is 22.8. The molecule has 0 saturated carbocycles. The Balaban J connectivity index is 1.10. The summed E-state index contributed by atoms with van der Waals surface area (Å²) in [6, 6.07) is 8.90. The van der Waals surface area contributed by atoms with Crippen LogP contribution in [0.15, 0.2) is 36.7 Å². The maximum absolute atomic E-state index is 12.7. The Kier molecular flexibility index (Phi) is 5.93. The van der Waals surface area contributed by atoms with Gasteiger partial charge in [-0.1, -0.05) is 12.1 Å². The lowest BCUT2D eigenvalue weighted by Crippen LogP contribution is -2.49. The van der Waals surface area contributed by atoms with Crippen LogP contribution in [-0.2, 0) is 4.79 Å². The van der Waals surface area contributed by atoms with Gasteiger partial charge in [0, 0.05) is 58.3 Å². The summed E-state index contributed by atoms with van der Waals surface area (Å²) in [6.07, 6.45) is 4.82. The van der Waals surface area contributed by atoms with Gasteiger partial charge in [-0.2, -0.15) is 0 Å². The van der Waals surface area contributed by atoms with E-state index in [0.29, 0.717) is 37.1 Å². The molecule has 4 heterocycles. The number of carbonyl (C=O) groups is 3. The van der Waals surface area contributed by atoms with Crippen LogP contribution < -0.4 is 9.80 Å². The first-order valence-corrected chi connectivity index (χ1v) is 11.7. The maximum atomic E-state index is 12.7. The largest absolute Gasteiger partial charge is 0.356 e. The lowest BCUT2D eigenvalue weighted by Gasteiger charge is -2.35. The minimum Gasteiger partial charge on any atom is -0.356 e. The minimum absolute atomic E-state index is 0.0618. The molecular formula is C24H28N6O3. The van der Waals surface area contributed by atoms with Gasteiger partial charge < -0.3 is 14.7 Å². The highest BCUT2D eigenvalue weighted by Gasteiger charge is 2.34. The van der Waals surface area contributed by atoms with Crippen LogP contribution in [0.25, 0.3) is 0 Å². The molecule has 0 spiro atoms. The average Bonchev–Trinajstić information content (AvgIpc) is 3.48. The zero-order valence-corrected chi connectivity index (χ0v) is 18.7. The van der Waals surface area contributed by atoms with E-state index in [4.69, 9.17) is 0 Å². The summed E-state index contributed by atoms with van der Waals surface area (Å²) in [5.41, 5.74) is 0.894. The quantitative estimate of drug-likeness (QED) is 0.623. The zero-order valence-electron chi connectivity index (χ0n) is 18.7. The van der Waals surface area contributed by atoms with E-state index in [1.165, 1.54) is 17.7 Å². The number of nitrogens with zero attached hydrogens (tertiary/aromatic N) is 6. The fraction of sp³-hybridized carbons (Fsp3) is 0.458. The van der Waals surface area contributed by atoms with E-state index < -0.39 is 0 Å². The van der Waals surface area contributed by atoms with Gasteiger partial charge in [-0.3, -0.25) is 19.3 Å². The van der Waals surface area contributed by atoms with Crippen molar-refractivity contribution in [1.29, 1.82) is 0 Å². The summed E-state index contributed by atoms with van der Waals surface area (Å²) in [5.74, 6) is 1.41. The van der Waals surface area contributed by atoms with Crippen LogP contribution in [0.5, 0.6) is 0 Å². The van der Waals surface area contributed by atoms with Crippen molar-refractivity contribution in [1.82, 2.24) is 19.8 Å². The van der Waals surface area contributed by atoms with Crippen LogP contribution in [0.2, 0.25) is 0 Å². The lowest BCUT2D eigenvalue weighted by atomic mass is 10.1. The Morgan fingerprint density at radius 3 is 2.00 bits per heavy atom. The summed E-state index contributed by atoms with van der Waals surface area (Å²) in [4.78, 5) is 54.1. The fourth-order valence-corrected chi connectivity index (χ4v) is 4.80. The predicted octanol–water partition coefficient (Wildman–Crippen LogP) is 1.80. The third-order valence-corrected chi connectivity index (χ3v) is 6.68. The molecule has 0 unspecified atom stereocenters. The van der Waals surface area contributed by atoms with Gasteiger partial charge in [0.15, 0.2) is 0 Å². The normalized spacial score (nSPS) is 18.3. The van der Waals surface area contributed by atoms with Crippen molar-refractivity contribution in [3.8, 4) is 0 Å². The summed E-state index contributed by atoms with van der Waals surface area (Å²) in [5, 5.41) is 0. The van der Waals surface area contributed by atoms with Crippen LogP contribution in [0.1, 0.15) is 46.4 Å². The van der Waals surface area contributed by atoms with Gasteiger partial charge in [0.2, 0.25) is 5.91 Å². The monoisotopic (exact) mass is 448 g/mol. The molecule has 9 nitrogen and oxygen atoms in total. The van der Waals surface area contributed by atoms with E-state index in [9.17, 15) is 14.4 Å². The first-order valence-electron chi connectivity index (χ1n) is 11.7. The number of rotatable bonds is 6. The number of amides is 3. The SMILES string of the molecule is O=C(CCCN1C(=O)c2ccccc2C1=O)N1CCN(c2cc(N3CCCC3)ncn2)CC1. The Morgan fingerprint density at radius 2 is 1.39 bits per heavy atom. The van der Waals surface area contributed by atoms with Gasteiger partial charge in [-0.05, 0) is 31.4 Å². The van der Waals surface area contributed by atoms with E-state index in [-0.39, 0.29) is 24.3 Å². The molecule has 3 aliphatic rings. The molecule has 0 aliphatic carbocycles. The molecule has 2 aromatic rings. The minimum atomic E-state index is -0.269. The molecule has 1 aromatic heterocycles. The smallest absolute Gasteiger partial charge is 0.261 e. The van der Waals surface area contributed by atoms with Crippen molar-refractivity contribution in [3.05, 3.63) is 47.8 Å². The maximum Gasteiger partial charge on any atom is 0.261 e. The molecule has 33 heavy (non-hydrogen) atoms. The lowest BCUT2D eigenvalue weighted by molar-refractivity contribution is -0.131. The number of benzene rings is 1. The first kappa shape index (κ1) is 21.4. The van der Waals surface area contributed by atoms with Gasteiger partial charge in [-0.25, -0.2) is 9.97 Å². The number of carbonyl (C=O) groups excluding carboxylic acids is 3. The number of fused-ring (bicyclic) bond motifs is 1. The van der Waals surface area contributed by atoms with Crippen molar-refractivity contribution in [3.63, 3.8) is 0 Å². The van der Waals surface area contributed by atoms with Crippen LogP contribution in [-0.4, -0.2) is 83.3 Å². The topological polar surface area (TPSA) is 90.0 Å². The van der Waals surface area contributed by atoms with Gasteiger partial charge >= 0.3 is 0 Å². The van der Waals surface area contributed by atoms with E-state index in [2.05, 4.69) is 19.8 Å². The van der Waals surface area contributed by atoms with Crippen molar-refractivity contribution in [2.75, 3.05) is 55.6 Å². The second kappa shape index (κ2) is 9.17. The Bertz CT molecular complexity index is 1020. The van der Waals surface area contributed by atoms with E-state index in [0.717, 1.165) is 37.8 Å². The first-order chi connectivity index (χ1) is 16.1. The highest BCUT2D eigenvalue weighted by Crippen LogP contribution is 2.24. The van der Waals surface area contributed by atoms with Crippen LogP contribution in [0.4, 0.5) is 11.6 Å². The standard InChI is InChI=1S/C24H28N6O3/c31-22(8-5-11-30-23(32)18-6-1-2-7-19(18)24(30)33)29-14-12-28(13-15-29)21-16-20(25-17-26-21)27-9-3-4-10-27/h1-2,6-7,16-17H,3-5,8-15H2. The number of anilines is 2. The second-order valence-corrected chi connectivity index (χ2v) is 8.71. The van der Waals surface area contributed by atoms with Crippen LogP contribution >= 0.6 is 0 Å². The van der Waals surface area contributed by atoms with Crippen molar-refractivity contribution in [2.45, 2.75) is 25.7 Å². The molecule has 0 N–H and O–H groups in total. The number of aromatic nitrogens is 2. The molecule has 0 bridgehead atoms. The number of piperazine rings is 1. The van der Waals surface area contributed by atoms with Gasteiger partial charge in [0.05, 0.1) is 11.1 Å². The van der Waals surface area contributed by atoms with Crippen molar-refractivity contribution in [2.24, 2.45) is 0 Å². The molecule has 1 aromatic carbocycles. The molecule has 2 saturated heterocycles. The molecule has 5 rings (SSSR count). The van der Waals surface area contributed by atoms with Crippen LogP contribution in [0.3, 0.4) is 0 Å². The second-order valence-electron chi connectivity index (χ2n) is 8.71. The molecule has 0 atom stereocenters. The molecule has 0 radical (unpaired) electrons. The van der Waals surface area contributed by atoms with E-state index in [1.54, 1.807) is 30.6 Å². The molecule has 172 valence electrons. The van der Waals surface area contributed by atoms with Gasteiger partial charge in [-0.15, -0.1) is 0 Å². The third-order valence-electron chi connectivity index (χ3n) is 6.68. The predicted molar refractivity (Wildman–Crippen MR) is 123 cm³/mol. The molecular weight excluding hydrogens is 420 g/mol. The Labute approximate surface area is 193 Å². The molecule has 2 fully saturated rings. The highest BCUT2D eigenvalue weighted by atomic mass is 16.2. The van der Waals surface area contributed by atoms with E-state index in [1.807, 2.05) is 11.0 Å². The third kappa shape index (κ3) is 4.27. The number of imide groups is 1. The van der Waals surface area contributed by atoms with Gasteiger partial charge in [0.1, 0.15) is 18.0 Å². The van der Waals surface area contributed by atoms with Crippen LogP contribution in [0, 0.1) is 0 Å².